The number of benzene rings is 2. The second-order valence-corrected chi connectivity index (χ2v) is 4.03. The van der Waals surface area contributed by atoms with E-state index in [1.807, 2.05) is 31.2 Å². The molecule has 0 spiro atoms. The Balaban J connectivity index is 2.28. The molecule has 17 heavy (non-hydrogen) atoms. The van der Waals surface area contributed by atoms with E-state index in [2.05, 4.69) is 5.16 Å². The highest BCUT2D eigenvalue weighted by atomic mass is 16.5. The molecule has 0 saturated carbocycles. The molecule has 0 unspecified atom stereocenters. The van der Waals surface area contributed by atoms with Gasteiger partial charge in [0.05, 0.1) is 0 Å². The molecular formula is C14H11NO2. The number of phenols is 1. The summed E-state index contributed by atoms with van der Waals surface area (Å²) in [7, 11) is 0. The molecule has 3 rings (SSSR count). The number of rotatable bonds is 1. The summed E-state index contributed by atoms with van der Waals surface area (Å²) in [6.45, 7) is 2.00. The predicted octanol–water partition coefficient (Wildman–Crippen LogP) is 3.51. The third-order valence-corrected chi connectivity index (χ3v) is 2.82. The topological polar surface area (TPSA) is 46.3 Å². The van der Waals surface area contributed by atoms with E-state index in [4.69, 9.17) is 4.52 Å². The van der Waals surface area contributed by atoms with E-state index in [-0.39, 0.29) is 5.75 Å². The van der Waals surface area contributed by atoms with Crippen molar-refractivity contribution >= 4 is 10.9 Å². The van der Waals surface area contributed by atoms with Crippen molar-refractivity contribution in [3.05, 3.63) is 48.0 Å². The van der Waals surface area contributed by atoms with Gasteiger partial charge in [-0.2, -0.15) is 0 Å². The Kier molecular flexibility index (Phi) is 2.11. The summed E-state index contributed by atoms with van der Waals surface area (Å²) >= 11 is 0. The summed E-state index contributed by atoms with van der Waals surface area (Å²) in [5, 5.41) is 14.5. The van der Waals surface area contributed by atoms with Crippen LogP contribution in [0.3, 0.4) is 0 Å². The van der Waals surface area contributed by atoms with Gasteiger partial charge in [0.15, 0.2) is 5.76 Å². The lowest BCUT2D eigenvalue weighted by Crippen LogP contribution is -1.77. The minimum Gasteiger partial charge on any atom is -0.508 e. The maximum Gasteiger partial charge on any atom is 0.174 e. The Bertz CT molecular complexity index is 686. The van der Waals surface area contributed by atoms with Crippen LogP contribution in [0.4, 0.5) is 0 Å². The smallest absolute Gasteiger partial charge is 0.174 e. The molecule has 84 valence electrons. The summed E-state index contributed by atoms with van der Waals surface area (Å²) in [4.78, 5) is 0. The van der Waals surface area contributed by atoms with Crippen molar-refractivity contribution in [1.82, 2.24) is 5.16 Å². The third-order valence-electron chi connectivity index (χ3n) is 2.82. The number of hydrogen-bond donors (Lipinski definition) is 1. The fourth-order valence-corrected chi connectivity index (χ4v) is 1.96. The van der Waals surface area contributed by atoms with Gasteiger partial charge in [-0.3, -0.25) is 0 Å². The van der Waals surface area contributed by atoms with Crippen LogP contribution >= 0.6 is 0 Å². The van der Waals surface area contributed by atoms with E-state index in [1.54, 1.807) is 18.2 Å². The van der Waals surface area contributed by atoms with E-state index in [1.165, 1.54) is 0 Å². The second-order valence-electron chi connectivity index (χ2n) is 4.03. The summed E-state index contributed by atoms with van der Waals surface area (Å²) in [6.07, 6.45) is 0. The first-order chi connectivity index (χ1) is 8.25. The quantitative estimate of drug-likeness (QED) is 0.689. The molecule has 0 aliphatic heterocycles. The van der Waals surface area contributed by atoms with Crippen LogP contribution in [0.5, 0.6) is 5.75 Å². The zero-order valence-electron chi connectivity index (χ0n) is 9.34. The van der Waals surface area contributed by atoms with Gasteiger partial charge in [0.25, 0.3) is 0 Å². The molecule has 0 saturated heterocycles. The Labute approximate surface area is 98.3 Å². The number of phenolic OH excluding ortho intramolecular Hbond substituents is 1. The first-order valence-corrected chi connectivity index (χ1v) is 5.40. The molecule has 3 heteroatoms. The van der Waals surface area contributed by atoms with Crippen molar-refractivity contribution in [1.29, 1.82) is 0 Å². The average molecular weight is 225 g/mol. The highest BCUT2D eigenvalue weighted by Gasteiger charge is 2.11. The molecule has 3 aromatic rings. The highest BCUT2D eigenvalue weighted by Crippen LogP contribution is 2.31. The van der Waals surface area contributed by atoms with E-state index >= 15 is 0 Å². The van der Waals surface area contributed by atoms with Gasteiger partial charge in [-0.15, -0.1) is 0 Å². The molecule has 1 N–H and O–H groups in total. The van der Waals surface area contributed by atoms with Crippen LogP contribution in [0.15, 0.2) is 47.0 Å². The molecule has 0 aliphatic rings. The summed E-state index contributed by atoms with van der Waals surface area (Å²) in [5.41, 5.74) is 2.78. The largest absolute Gasteiger partial charge is 0.508 e. The maximum absolute atomic E-state index is 9.48. The van der Waals surface area contributed by atoms with E-state index < -0.39 is 0 Å². The van der Waals surface area contributed by atoms with E-state index in [0.29, 0.717) is 5.76 Å². The fraction of sp³-hybridized carbons (Fsp3) is 0.0714. The standard InChI is InChI=1S/C14H11NO2/c1-9-4-2-7-12-13(9)15-17-14(12)10-5-3-6-11(16)8-10/h2-8,16H,1H3. The number of aryl methyl sites for hydroxylation is 1. The van der Waals surface area contributed by atoms with Crippen molar-refractivity contribution in [3.8, 4) is 17.1 Å². The van der Waals surface area contributed by atoms with Crippen molar-refractivity contribution in [2.45, 2.75) is 6.92 Å². The predicted molar refractivity (Wildman–Crippen MR) is 65.8 cm³/mol. The molecule has 2 aromatic carbocycles. The third kappa shape index (κ3) is 1.56. The Hall–Kier alpha value is -2.29. The monoisotopic (exact) mass is 225 g/mol. The lowest BCUT2D eigenvalue weighted by Gasteiger charge is -1.98. The summed E-state index contributed by atoms with van der Waals surface area (Å²) in [6, 6.07) is 12.9. The molecule has 1 heterocycles. The average Bonchev–Trinajstić information content (AvgIpc) is 2.74. The molecular weight excluding hydrogens is 214 g/mol. The molecule has 0 aliphatic carbocycles. The number of aromatic nitrogens is 1. The lowest BCUT2D eigenvalue weighted by atomic mass is 10.1. The molecule has 1 aromatic heterocycles. The maximum atomic E-state index is 9.48. The number of aromatic hydroxyl groups is 1. The van der Waals surface area contributed by atoms with Crippen LogP contribution in [0.25, 0.3) is 22.2 Å². The lowest BCUT2D eigenvalue weighted by molar-refractivity contribution is 0.439. The van der Waals surface area contributed by atoms with Gasteiger partial charge < -0.3 is 9.63 Å². The van der Waals surface area contributed by atoms with Gasteiger partial charge in [0, 0.05) is 10.9 Å². The van der Waals surface area contributed by atoms with Crippen LogP contribution in [0.1, 0.15) is 5.56 Å². The molecule has 0 bridgehead atoms. The molecule has 0 atom stereocenters. The normalized spacial score (nSPS) is 10.9. The van der Waals surface area contributed by atoms with Gasteiger partial charge in [0.2, 0.25) is 0 Å². The van der Waals surface area contributed by atoms with E-state index in [0.717, 1.165) is 22.0 Å². The van der Waals surface area contributed by atoms with Crippen LogP contribution in [-0.2, 0) is 0 Å². The van der Waals surface area contributed by atoms with E-state index in [9.17, 15) is 5.11 Å². The van der Waals surface area contributed by atoms with Gasteiger partial charge in [-0.25, -0.2) is 0 Å². The molecule has 0 amide bonds. The minimum atomic E-state index is 0.222. The van der Waals surface area contributed by atoms with Crippen LogP contribution in [-0.4, -0.2) is 10.3 Å². The number of nitrogens with zero attached hydrogens (tertiary/aromatic N) is 1. The Morgan fingerprint density at radius 1 is 1.12 bits per heavy atom. The van der Waals surface area contributed by atoms with Crippen molar-refractivity contribution < 1.29 is 9.63 Å². The zero-order valence-corrected chi connectivity index (χ0v) is 9.34. The zero-order chi connectivity index (χ0) is 11.8. The van der Waals surface area contributed by atoms with Gasteiger partial charge in [-0.1, -0.05) is 29.4 Å². The SMILES string of the molecule is Cc1cccc2c(-c3cccc(O)c3)onc12. The first-order valence-electron chi connectivity index (χ1n) is 5.40. The van der Waals surface area contributed by atoms with Crippen molar-refractivity contribution in [3.63, 3.8) is 0 Å². The van der Waals surface area contributed by atoms with Crippen LogP contribution < -0.4 is 0 Å². The Morgan fingerprint density at radius 2 is 1.94 bits per heavy atom. The first kappa shape index (κ1) is 9.90. The number of hydrogen-bond acceptors (Lipinski definition) is 3. The van der Waals surface area contributed by atoms with Crippen LogP contribution in [0.2, 0.25) is 0 Å². The molecule has 0 fully saturated rings. The number of fused-ring (bicyclic) bond motifs is 1. The summed E-state index contributed by atoms with van der Waals surface area (Å²) in [5.74, 6) is 0.916. The van der Waals surface area contributed by atoms with Gasteiger partial charge in [-0.05, 0) is 30.7 Å². The Morgan fingerprint density at radius 3 is 2.76 bits per heavy atom. The highest BCUT2D eigenvalue weighted by molar-refractivity contribution is 5.93. The van der Waals surface area contributed by atoms with Gasteiger partial charge >= 0.3 is 0 Å². The van der Waals surface area contributed by atoms with Crippen LogP contribution in [0, 0.1) is 6.92 Å². The fourth-order valence-electron chi connectivity index (χ4n) is 1.96. The van der Waals surface area contributed by atoms with Gasteiger partial charge in [0.1, 0.15) is 11.3 Å². The second kappa shape index (κ2) is 3.63. The van der Waals surface area contributed by atoms with Crippen molar-refractivity contribution in [2.75, 3.05) is 0 Å². The molecule has 3 nitrogen and oxygen atoms in total. The molecule has 0 radical (unpaired) electrons. The minimum absolute atomic E-state index is 0.222. The summed E-state index contributed by atoms with van der Waals surface area (Å²) < 4.78 is 5.38. The van der Waals surface area contributed by atoms with Crippen molar-refractivity contribution in [2.24, 2.45) is 0 Å².